The average Bonchev–Trinajstić information content (AvgIpc) is 2.83. The third kappa shape index (κ3) is 7.64. The van der Waals surface area contributed by atoms with Crippen molar-refractivity contribution in [2.75, 3.05) is 65.1 Å². The first-order chi connectivity index (χ1) is 15.9. The number of hydrogen-bond acceptors (Lipinski definition) is 12. The van der Waals surface area contributed by atoms with Crippen LogP contribution in [0.1, 0.15) is 12.5 Å². The maximum Gasteiger partial charge on any atom is 0.322 e. The molecule has 0 atom stereocenters. The van der Waals surface area contributed by atoms with Gasteiger partial charge in [0.1, 0.15) is 0 Å². The van der Waals surface area contributed by atoms with Gasteiger partial charge in [-0.25, -0.2) is 5.43 Å². The first-order valence-electron chi connectivity index (χ1n) is 9.83. The molecule has 1 saturated heterocycles. The smallest absolute Gasteiger partial charge is 0.322 e. The van der Waals surface area contributed by atoms with Gasteiger partial charge in [-0.1, -0.05) is 0 Å². The fourth-order valence-corrected chi connectivity index (χ4v) is 2.73. The Morgan fingerprint density at radius 2 is 1.67 bits per heavy atom. The lowest BCUT2D eigenvalue weighted by Gasteiger charge is -2.26. The van der Waals surface area contributed by atoms with Crippen molar-refractivity contribution in [3.63, 3.8) is 0 Å². The molecule has 1 aromatic carbocycles. The van der Waals surface area contributed by atoms with Gasteiger partial charge in [-0.15, -0.1) is 0 Å². The number of hydrogen-bond donors (Lipinski definition) is 2. The molecule has 0 saturated carbocycles. The number of carboxylic acid groups (broad SMARTS) is 1. The molecular formula is C20H28N6O7. The molecule has 2 aromatic rings. The van der Waals surface area contributed by atoms with Crippen molar-refractivity contribution in [1.29, 1.82) is 0 Å². The molecule has 180 valence electrons. The molecular weight excluding hydrogens is 436 g/mol. The van der Waals surface area contributed by atoms with Gasteiger partial charge in [0.15, 0.2) is 11.5 Å². The average molecular weight is 464 g/mol. The minimum absolute atomic E-state index is 0.201. The molecule has 2 heterocycles. The molecule has 1 aliphatic heterocycles. The highest BCUT2D eigenvalue weighted by molar-refractivity contribution is 5.82. The second-order valence-corrected chi connectivity index (χ2v) is 6.39. The van der Waals surface area contributed by atoms with Crippen LogP contribution in [-0.2, 0) is 9.53 Å². The van der Waals surface area contributed by atoms with E-state index in [1.54, 1.807) is 39.7 Å². The van der Waals surface area contributed by atoms with Crippen LogP contribution in [0.5, 0.6) is 23.3 Å². The molecule has 2 N–H and O–H groups in total. The predicted octanol–water partition coefficient (Wildman–Crippen LogP) is 1.28. The van der Waals surface area contributed by atoms with Gasteiger partial charge >= 0.3 is 6.01 Å². The maximum absolute atomic E-state index is 9.00. The predicted molar refractivity (Wildman–Crippen MR) is 120 cm³/mol. The molecule has 1 fully saturated rings. The summed E-state index contributed by atoms with van der Waals surface area (Å²) >= 11 is 0. The van der Waals surface area contributed by atoms with Gasteiger partial charge < -0.3 is 33.7 Å². The number of methoxy groups -OCH3 is 4. The molecule has 13 heteroatoms. The Balaban J connectivity index is 0.000000890. The molecule has 3 rings (SSSR count). The van der Waals surface area contributed by atoms with E-state index in [2.05, 4.69) is 25.5 Å². The van der Waals surface area contributed by atoms with Crippen molar-refractivity contribution < 1.29 is 33.6 Å². The number of carboxylic acids is 1. The Kier molecular flexibility index (Phi) is 9.89. The number of carbonyl (C=O) groups is 1. The van der Waals surface area contributed by atoms with Gasteiger partial charge in [0, 0.05) is 25.6 Å². The molecule has 0 spiro atoms. The quantitative estimate of drug-likeness (QED) is 0.428. The van der Waals surface area contributed by atoms with E-state index >= 15 is 0 Å². The molecule has 1 aromatic heterocycles. The summed E-state index contributed by atoms with van der Waals surface area (Å²) in [4.78, 5) is 23.9. The van der Waals surface area contributed by atoms with Crippen molar-refractivity contribution in [1.82, 2.24) is 15.0 Å². The summed E-state index contributed by atoms with van der Waals surface area (Å²) in [5.41, 5.74) is 3.54. The highest BCUT2D eigenvalue weighted by Gasteiger charge is 2.17. The normalized spacial score (nSPS) is 13.1. The third-order valence-electron chi connectivity index (χ3n) is 4.14. The lowest BCUT2D eigenvalue weighted by Crippen LogP contribution is -2.37. The van der Waals surface area contributed by atoms with Crippen molar-refractivity contribution >= 4 is 24.1 Å². The zero-order chi connectivity index (χ0) is 24.2. The standard InChI is InChI=1S/C18H24N6O5.C2H4O2/c1-25-13-9-12(10-14(26-2)15(13)27-3)11-19-23-16-20-17(22-18(21-16)28-4)24-5-7-29-8-6-24;1-2(3)4/h9-11H,5-8H2,1-4H3,(H,20,21,22,23);1H3,(H,3,4). The SMILES string of the molecule is CC(=O)O.COc1nc(NN=Cc2cc(OC)c(OC)c(OC)c2)nc(N2CCOCC2)n1. The van der Waals surface area contributed by atoms with Crippen LogP contribution in [0.4, 0.5) is 11.9 Å². The number of benzene rings is 1. The Morgan fingerprint density at radius 1 is 1.06 bits per heavy atom. The van der Waals surface area contributed by atoms with Crippen LogP contribution in [0.25, 0.3) is 0 Å². The van der Waals surface area contributed by atoms with Crippen LogP contribution in [0.15, 0.2) is 17.2 Å². The van der Waals surface area contributed by atoms with Crippen molar-refractivity contribution in [2.24, 2.45) is 5.10 Å². The van der Waals surface area contributed by atoms with Gasteiger partial charge in [-0.2, -0.15) is 20.1 Å². The fourth-order valence-electron chi connectivity index (χ4n) is 2.73. The number of ether oxygens (including phenoxy) is 5. The van der Waals surface area contributed by atoms with Crippen molar-refractivity contribution in [2.45, 2.75) is 6.92 Å². The summed E-state index contributed by atoms with van der Waals surface area (Å²) in [5, 5.41) is 11.6. The summed E-state index contributed by atoms with van der Waals surface area (Å²) in [5.74, 6) is 1.51. The number of morpholine rings is 1. The number of nitrogens with one attached hydrogen (secondary N) is 1. The highest BCUT2D eigenvalue weighted by atomic mass is 16.5. The Bertz CT molecular complexity index is 921. The van der Waals surface area contributed by atoms with E-state index in [1.807, 2.05) is 4.90 Å². The van der Waals surface area contributed by atoms with Crippen LogP contribution < -0.4 is 29.3 Å². The summed E-state index contributed by atoms with van der Waals surface area (Å²) in [7, 11) is 6.17. The molecule has 0 bridgehead atoms. The number of nitrogens with zero attached hydrogens (tertiary/aromatic N) is 5. The van der Waals surface area contributed by atoms with E-state index in [1.165, 1.54) is 7.11 Å². The van der Waals surface area contributed by atoms with Crippen LogP contribution in [0, 0.1) is 0 Å². The van der Waals surface area contributed by atoms with Gasteiger partial charge in [0.25, 0.3) is 11.9 Å². The van der Waals surface area contributed by atoms with Crippen LogP contribution in [0.3, 0.4) is 0 Å². The highest BCUT2D eigenvalue weighted by Crippen LogP contribution is 2.37. The monoisotopic (exact) mass is 464 g/mol. The number of rotatable bonds is 8. The van der Waals surface area contributed by atoms with Gasteiger partial charge in [-0.3, -0.25) is 4.79 Å². The van der Waals surface area contributed by atoms with Crippen LogP contribution in [0.2, 0.25) is 0 Å². The first kappa shape index (κ1) is 25.4. The molecule has 0 unspecified atom stereocenters. The van der Waals surface area contributed by atoms with E-state index in [9.17, 15) is 0 Å². The van der Waals surface area contributed by atoms with Gasteiger partial charge in [0.05, 0.1) is 47.9 Å². The number of hydrazone groups is 1. The zero-order valence-electron chi connectivity index (χ0n) is 19.2. The van der Waals surface area contributed by atoms with Gasteiger partial charge in [0.2, 0.25) is 11.7 Å². The minimum atomic E-state index is -0.833. The molecule has 13 nitrogen and oxygen atoms in total. The number of anilines is 2. The van der Waals surface area contributed by atoms with Crippen molar-refractivity contribution in [3.05, 3.63) is 17.7 Å². The zero-order valence-corrected chi connectivity index (χ0v) is 19.2. The lowest BCUT2D eigenvalue weighted by molar-refractivity contribution is -0.134. The van der Waals surface area contributed by atoms with Crippen molar-refractivity contribution in [3.8, 4) is 23.3 Å². The molecule has 0 amide bonds. The van der Waals surface area contributed by atoms with E-state index in [4.69, 9.17) is 33.6 Å². The summed E-state index contributed by atoms with van der Waals surface area (Å²) in [6.07, 6.45) is 1.59. The van der Waals surface area contributed by atoms with E-state index in [0.29, 0.717) is 49.5 Å². The molecule has 0 aliphatic carbocycles. The second-order valence-electron chi connectivity index (χ2n) is 6.39. The third-order valence-corrected chi connectivity index (χ3v) is 4.14. The van der Waals surface area contributed by atoms with Crippen LogP contribution >= 0.6 is 0 Å². The molecule has 0 radical (unpaired) electrons. The molecule has 33 heavy (non-hydrogen) atoms. The molecule has 1 aliphatic rings. The van der Waals surface area contributed by atoms with Crippen LogP contribution in [-0.4, -0.2) is 87.0 Å². The maximum atomic E-state index is 9.00. The first-order valence-corrected chi connectivity index (χ1v) is 9.83. The largest absolute Gasteiger partial charge is 0.493 e. The minimum Gasteiger partial charge on any atom is -0.493 e. The van der Waals surface area contributed by atoms with E-state index in [0.717, 1.165) is 12.5 Å². The number of aliphatic carboxylic acids is 1. The Labute approximate surface area is 191 Å². The Hall–Kier alpha value is -3.87. The van der Waals surface area contributed by atoms with E-state index in [-0.39, 0.29) is 12.0 Å². The summed E-state index contributed by atoms with van der Waals surface area (Å²) < 4.78 is 26.6. The number of aromatic nitrogens is 3. The lowest BCUT2D eigenvalue weighted by atomic mass is 10.2. The second kappa shape index (κ2) is 12.9. The topological polar surface area (TPSA) is 150 Å². The van der Waals surface area contributed by atoms with Gasteiger partial charge in [-0.05, 0) is 12.1 Å². The summed E-state index contributed by atoms with van der Waals surface area (Å²) in [6, 6.07) is 3.76. The fraction of sp³-hybridized carbons (Fsp3) is 0.450. The Morgan fingerprint density at radius 3 is 2.18 bits per heavy atom. The van der Waals surface area contributed by atoms with E-state index < -0.39 is 5.97 Å². The summed E-state index contributed by atoms with van der Waals surface area (Å²) in [6.45, 7) is 3.72.